The number of hydrogen-bond acceptors (Lipinski definition) is 4. The van der Waals surface area contributed by atoms with Gasteiger partial charge in [0, 0.05) is 12.5 Å². The van der Waals surface area contributed by atoms with Gasteiger partial charge >= 0.3 is 0 Å². The molecule has 0 amide bonds. The molecule has 90 valence electrons. The van der Waals surface area contributed by atoms with E-state index in [1.807, 2.05) is 0 Å². The largest absolute Gasteiger partial charge is 0.508 e. The molecule has 1 aromatic carbocycles. The Morgan fingerprint density at radius 2 is 2.12 bits per heavy atom. The zero-order chi connectivity index (χ0) is 12.1. The lowest BCUT2D eigenvalue weighted by Gasteiger charge is -2.11. The Balaban J connectivity index is 1.82. The summed E-state index contributed by atoms with van der Waals surface area (Å²) in [5.74, 6) is 1.39. The second-order valence-electron chi connectivity index (χ2n) is 3.75. The molecule has 1 aromatic heterocycles. The van der Waals surface area contributed by atoms with Gasteiger partial charge in [-0.15, -0.1) is 0 Å². The van der Waals surface area contributed by atoms with E-state index in [0.717, 1.165) is 5.76 Å². The van der Waals surface area contributed by atoms with E-state index >= 15 is 0 Å². The first-order valence-corrected chi connectivity index (χ1v) is 5.36. The molecule has 0 aliphatic rings. The topological polar surface area (TPSA) is 62.8 Å². The standard InChI is InChI=1S/C13H14O4/c14-10-3-1-4-13(7-10)17-9-11(15)8-12-5-2-6-16-12/h1-7,11,14-15H,8-9H2. The average molecular weight is 234 g/mol. The molecule has 1 unspecified atom stereocenters. The summed E-state index contributed by atoms with van der Waals surface area (Å²) in [5, 5.41) is 18.9. The molecule has 0 saturated heterocycles. The zero-order valence-corrected chi connectivity index (χ0v) is 9.24. The summed E-state index contributed by atoms with van der Waals surface area (Å²) in [5.41, 5.74) is 0. The van der Waals surface area contributed by atoms with Crippen molar-refractivity contribution in [2.24, 2.45) is 0 Å². The molecule has 0 aliphatic heterocycles. The third-order valence-electron chi connectivity index (χ3n) is 2.28. The van der Waals surface area contributed by atoms with Crippen LogP contribution in [0.4, 0.5) is 0 Å². The molecule has 2 aromatic rings. The van der Waals surface area contributed by atoms with Crippen molar-refractivity contribution in [2.75, 3.05) is 6.61 Å². The molecule has 0 fully saturated rings. The van der Waals surface area contributed by atoms with Gasteiger partial charge in [0.25, 0.3) is 0 Å². The van der Waals surface area contributed by atoms with Crippen LogP contribution in [-0.4, -0.2) is 22.9 Å². The smallest absolute Gasteiger partial charge is 0.123 e. The van der Waals surface area contributed by atoms with Crippen LogP contribution in [0.5, 0.6) is 11.5 Å². The molecule has 17 heavy (non-hydrogen) atoms. The highest BCUT2D eigenvalue weighted by molar-refractivity contribution is 5.31. The van der Waals surface area contributed by atoms with Crippen molar-refractivity contribution in [3.05, 3.63) is 48.4 Å². The predicted molar refractivity (Wildman–Crippen MR) is 62.0 cm³/mol. The number of aromatic hydroxyl groups is 1. The van der Waals surface area contributed by atoms with E-state index in [4.69, 9.17) is 9.15 Å². The van der Waals surface area contributed by atoms with Gasteiger partial charge in [-0.25, -0.2) is 0 Å². The second-order valence-corrected chi connectivity index (χ2v) is 3.75. The molecule has 0 saturated carbocycles. The minimum atomic E-state index is -0.636. The van der Waals surface area contributed by atoms with Crippen LogP contribution in [0.25, 0.3) is 0 Å². The van der Waals surface area contributed by atoms with Crippen LogP contribution in [0.3, 0.4) is 0 Å². The number of furan rings is 1. The van der Waals surface area contributed by atoms with Gasteiger partial charge in [0.1, 0.15) is 23.9 Å². The number of phenols is 1. The summed E-state index contributed by atoms with van der Waals surface area (Å²) in [6.07, 6.45) is 1.34. The van der Waals surface area contributed by atoms with Crippen molar-refractivity contribution < 1.29 is 19.4 Å². The van der Waals surface area contributed by atoms with Crippen molar-refractivity contribution >= 4 is 0 Å². The third-order valence-corrected chi connectivity index (χ3v) is 2.28. The minimum absolute atomic E-state index is 0.142. The molecule has 0 aliphatic carbocycles. The van der Waals surface area contributed by atoms with E-state index < -0.39 is 6.10 Å². The monoisotopic (exact) mass is 234 g/mol. The number of phenolic OH excluding ortho intramolecular Hbond substituents is 1. The summed E-state index contributed by atoms with van der Waals surface area (Å²) < 4.78 is 10.5. The maximum Gasteiger partial charge on any atom is 0.123 e. The Labute approximate surface area is 99.1 Å². The fourth-order valence-electron chi connectivity index (χ4n) is 1.49. The van der Waals surface area contributed by atoms with Crippen LogP contribution in [0.15, 0.2) is 47.1 Å². The van der Waals surface area contributed by atoms with Gasteiger partial charge in [-0.05, 0) is 24.3 Å². The molecule has 2 N–H and O–H groups in total. The average Bonchev–Trinajstić information content (AvgIpc) is 2.79. The van der Waals surface area contributed by atoms with Crippen LogP contribution in [0, 0.1) is 0 Å². The fourth-order valence-corrected chi connectivity index (χ4v) is 1.49. The van der Waals surface area contributed by atoms with Crippen molar-refractivity contribution in [3.63, 3.8) is 0 Å². The van der Waals surface area contributed by atoms with Gasteiger partial charge in [0.2, 0.25) is 0 Å². The SMILES string of the molecule is Oc1cccc(OCC(O)Cc2ccco2)c1. The number of hydrogen-bond donors (Lipinski definition) is 2. The highest BCUT2D eigenvalue weighted by Gasteiger charge is 2.08. The highest BCUT2D eigenvalue weighted by Crippen LogP contribution is 2.18. The van der Waals surface area contributed by atoms with Gasteiger partial charge in [-0.3, -0.25) is 0 Å². The number of benzene rings is 1. The molecule has 4 heteroatoms. The zero-order valence-electron chi connectivity index (χ0n) is 9.24. The van der Waals surface area contributed by atoms with Gasteiger partial charge in [0.15, 0.2) is 0 Å². The molecular formula is C13H14O4. The minimum Gasteiger partial charge on any atom is -0.508 e. The quantitative estimate of drug-likeness (QED) is 0.830. The Morgan fingerprint density at radius 3 is 2.82 bits per heavy atom. The van der Waals surface area contributed by atoms with E-state index in [-0.39, 0.29) is 12.4 Å². The predicted octanol–water partition coefficient (Wildman–Crippen LogP) is 1.97. The van der Waals surface area contributed by atoms with Crippen molar-refractivity contribution in [1.29, 1.82) is 0 Å². The number of ether oxygens (including phenoxy) is 1. The van der Waals surface area contributed by atoms with Crippen LogP contribution in [-0.2, 0) is 6.42 Å². The van der Waals surface area contributed by atoms with Crippen LogP contribution in [0.2, 0.25) is 0 Å². The summed E-state index contributed by atoms with van der Waals surface area (Å²) >= 11 is 0. The first kappa shape index (κ1) is 11.5. The summed E-state index contributed by atoms with van der Waals surface area (Å²) in [4.78, 5) is 0. The first-order chi connectivity index (χ1) is 8.24. The number of aliphatic hydroxyl groups excluding tert-OH is 1. The van der Waals surface area contributed by atoms with Gasteiger partial charge in [0.05, 0.1) is 12.4 Å². The molecule has 2 rings (SSSR count). The molecular weight excluding hydrogens is 220 g/mol. The normalized spacial score (nSPS) is 12.3. The van der Waals surface area contributed by atoms with Crippen LogP contribution < -0.4 is 4.74 Å². The molecule has 0 bridgehead atoms. The van der Waals surface area contributed by atoms with E-state index in [1.54, 1.807) is 36.6 Å². The van der Waals surface area contributed by atoms with Gasteiger partial charge in [-0.2, -0.15) is 0 Å². The Morgan fingerprint density at radius 1 is 1.24 bits per heavy atom. The van der Waals surface area contributed by atoms with Crippen molar-refractivity contribution in [3.8, 4) is 11.5 Å². The molecule has 1 heterocycles. The first-order valence-electron chi connectivity index (χ1n) is 5.36. The van der Waals surface area contributed by atoms with Crippen LogP contribution in [0.1, 0.15) is 5.76 Å². The lowest BCUT2D eigenvalue weighted by molar-refractivity contribution is 0.103. The second kappa shape index (κ2) is 5.41. The maximum atomic E-state index is 9.70. The summed E-state index contributed by atoms with van der Waals surface area (Å²) in [7, 11) is 0. The van der Waals surface area contributed by atoms with Crippen LogP contribution >= 0.6 is 0 Å². The van der Waals surface area contributed by atoms with E-state index in [9.17, 15) is 10.2 Å². The number of rotatable bonds is 5. The van der Waals surface area contributed by atoms with E-state index in [0.29, 0.717) is 12.2 Å². The van der Waals surface area contributed by atoms with Crippen molar-refractivity contribution in [1.82, 2.24) is 0 Å². The lowest BCUT2D eigenvalue weighted by Crippen LogP contribution is -2.19. The fraction of sp³-hybridized carbons (Fsp3) is 0.231. The third kappa shape index (κ3) is 3.53. The Hall–Kier alpha value is -1.94. The summed E-state index contributed by atoms with van der Waals surface area (Å²) in [6, 6.07) is 10.0. The van der Waals surface area contributed by atoms with Gasteiger partial charge in [-0.1, -0.05) is 6.07 Å². The van der Waals surface area contributed by atoms with E-state index in [2.05, 4.69) is 0 Å². The van der Waals surface area contributed by atoms with E-state index in [1.165, 1.54) is 6.07 Å². The van der Waals surface area contributed by atoms with Crippen molar-refractivity contribution in [2.45, 2.75) is 12.5 Å². The maximum absolute atomic E-state index is 9.70. The molecule has 1 atom stereocenters. The highest BCUT2D eigenvalue weighted by atomic mass is 16.5. The van der Waals surface area contributed by atoms with Gasteiger partial charge < -0.3 is 19.4 Å². The molecule has 0 spiro atoms. The molecule has 4 nitrogen and oxygen atoms in total. The number of aliphatic hydroxyl groups is 1. The summed E-state index contributed by atoms with van der Waals surface area (Å²) in [6.45, 7) is 0.157. The lowest BCUT2D eigenvalue weighted by atomic mass is 10.2. The molecule has 0 radical (unpaired) electrons. The Bertz CT molecular complexity index is 450. The Kier molecular flexibility index (Phi) is 3.67.